The number of carbonyl (C=O) groups excluding carboxylic acids is 1. The Bertz CT molecular complexity index is 695. The number of benzene rings is 1. The number of pyridine rings is 1. The summed E-state index contributed by atoms with van der Waals surface area (Å²) in [4.78, 5) is 15.9. The van der Waals surface area contributed by atoms with Gasteiger partial charge in [-0.3, -0.25) is 9.78 Å². The van der Waals surface area contributed by atoms with Crippen molar-refractivity contribution in [2.75, 3.05) is 18.5 Å². The Balaban J connectivity index is 2.09. The van der Waals surface area contributed by atoms with E-state index < -0.39 is 0 Å². The third-order valence-corrected chi connectivity index (χ3v) is 2.89. The molecule has 0 fully saturated rings. The van der Waals surface area contributed by atoms with Crippen molar-refractivity contribution in [1.29, 1.82) is 0 Å². The molecule has 2 aromatic rings. The molecule has 0 unspecified atom stereocenters. The number of ether oxygens (including phenoxy) is 1. The molecule has 0 atom stereocenters. The fraction of sp³-hybridized carbons (Fsp3) is 0.176. The highest BCUT2D eigenvalue weighted by Crippen LogP contribution is 2.27. The molecule has 0 aliphatic carbocycles. The van der Waals surface area contributed by atoms with E-state index in [0.29, 0.717) is 16.8 Å². The Morgan fingerprint density at radius 3 is 3.05 bits per heavy atom. The van der Waals surface area contributed by atoms with Gasteiger partial charge < -0.3 is 10.1 Å². The Morgan fingerprint density at radius 2 is 2.27 bits per heavy atom. The van der Waals surface area contributed by atoms with Gasteiger partial charge in [-0.05, 0) is 23.8 Å². The molecule has 0 bridgehead atoms. The first-order valence-corrected chi connectivity index (χ1v) is 6.71. The van der Waals surface area contributed by atoms with Crippen LogP contribution in [0.4, 0.5) is 10.1 Å². The second-order valence-electron chi connectivity index (χ2n) is 4.49. The monoisotopic (exact) mass is 298 g/mol. The van der Waals surface area contributed by atoms with Crippen molar-refractivity contribution in [1.82, 2.24) is 4.98 Å². The van der Waals surface area contributed by atoms with Gasteiger partial charge in [-0.25, -0.2) is 4.39 Å². The van der Waals surface area contributed by atoms with Crippen LogP contribution < -0.4 is 5.32 Å². The van der Waals surface area contributed by atoms with Crippen LogP contribution in [-0.4, -0.2) is 24.1 Å². The van der Waals surface area contributed by atoms with Crippen molar-refractivity contribution in [3.63, 3.8) is 0 Å². The highest BCUT2D eigenvalue weighted by Gasteiger charge is 2.09. The van der Waals surface area contributed by atoms with Crippen LogP contribution in [0.25, 0.3) is 11.1 Å². The highest BCUT2D eigenvalue weighted by atomic mass is 19.1. The molecule has 1 amide bonds. The van der Waals surface area contributed by atoms with Crippen LogP contribution >= 0.6 is 0 Å². The van der Waals surface area contributed by atoms with Crippen molar-refractivity contribution in [3.8, 4) is 23.5 Å². The lowest BCUT2D eigenvalue weighted by molar-refractivity contribution is -0.117. The van der Waals surface area contributed by atoms with Gasteiger partial charge in [-0.2, -0.15) is 0 Å². The van der Waals surface area contributed by atoms with Gasteiger partial charge in [0.25, 0.3) is 0 Å². The number of amides is 1. The average Bonchev–Trinajstić information content (AvgIpc) is 2.52. The fourth-order valence-corrected chi connectivity index (χ4v) is 1.91. The number of nitrogens with one attached hydrogen (secondary N) is 1. The van der Waals surface area contributed by atoms with E-state index in [1.165, 1.54) is 18.3 Å². The average molecular weight is 298 g/mol. The number of hydrogen-bond donors (Lipinski definition) is 1. The van der Waals surface area contributed by atoms with Gasteiger partial charge in [-0.15, -0.1) is 6.42 Å². The molecule has 1 N–H and O–H groups in total. The molecule has 0 spiro atoms. The Labute approximate surface area is 128 Å². The van der Waals surface area contributed by atoms with Gasteiger partial charge in [-0.1, -0.05) is 18.1 Å². The van der Waals surface area contributed by atoms with Crippen LogP contribution in [0.2, 0.25) is 0 Å². The van der Waals surface area contributed by atoms with Crippen molar-refractivity contribution < 1.29 is 13.9 Å². The molecule has 0 saturated heterocycles. The first-order chi connectivity index (χ1) is 10.7. The van der Waals surface area contributed by atoms with Gasteiger partial charge in [0, 0.05) is 11.8 Å². The first-order valence-electron chi connectivity index (χ1n) is 6.71. The molecule has 4 nitrogen and oxygen atoms in total. The molecular formula is C17H15FN2O2. The zero-order chi connectivity index (χ0) is 15.8. The summed E-state index contributed by atoms with van der Waals surface area (Å²) in [6, 6.07) is 7.88. The largest absolute Gasteiger partial charge is 0.368 e. The van der Waals surface area contributed by atoms with E-state index in [9.17, 15) is 9.18 Å². The lowest BCUT2D eigenvalue weighted by Gasteiger charge is -2.11. The third kappa shape index (κ3) is 4.40. The number of rotatable bonds is 6. The van der Waals surface area contributed by atoms with E-state index >= 15 is 0 Å². The van der Waals surface area contributed by atoms with Gasteiger partial charge in [0.05, 0.1) is 24.9 Å². The second kappa shape index (κ2) is 7.91. The van der Waals surface area contributed by atoms with Crippen LogP contribution in [0.1, 0.15) is 6.42 Å². The lowest BCUT2D eigenvalue weighted by atomic mass is 10.1. The molecule has 1 heterocycles. The smallest absolute Gasteiger partial charge is 0.226 e. The summed E-state index contributed by atoms with van der Waals surface area (Å²) in [6.45, 7) is 0.417. The molecule has 112 valence electrons. The predicted molar refractivity (Wildman–Crippen MR) is 82.5 cm³/mol. The summed E-state index contributed by atoms with van der Waals surface area (Å²) >= 11 is 0. The van der Waals surface area contributed by atoms with Gasteiger partial charge >= 0.3 is 0 Å². The minimum Gasteiger partial charge on any atom is -0.368 e. The van der Waals surface area contributed by atoms with Gasteiger partial charge in [0.2, 0.25) is 5.91 Å². The quantitative estimate of drug-likeness (QED) is 0.659. The maximum Gasteiger partial charge on any atom is 0.226 e. The Hall–Kier alpha value is -2.71. The number of halogens is 1. The molecule has 1 aromatic heterocycles. The van der Waals surface area contributed by atoms with E-state index in [0.717, 1.165) is 0 Å². The molecule has 0 radical (unpaired) electrons. The van der Waals surface area contributed by atoms with Crippen molar-refractivity contribution in [2.24, 2.45) is 0 Å². The van der Waals surface area contributed by atoms with E-state index in [1.807, 2.05) is 0 Å². The van der Waals surface area contributed by atoms with Crippen LogP contribution in [0.3, 0.4) is 0 Å². The Kier molecular flexibility index (Phi) is 5.64. The summed E-state index contributed by atoms with van der Waals surface area (Å²) in [5.74, 6) is 1.77. The minimum absolute atomic E-state index is 0.175. The fourth-order valence-electron chi connectivity index (χ4n) is 1.91. The molecule has 0 saturated carbocycles. The van der Waals surface area contributed by atoms with Crippen molar-refractivity contribution in [2.45, 2.75) is 6.42 Å². The normalized spacial score (nSPS) is 10.0. The van der Waals surface area contributed by atoms with Crippen LogP contribution in [0, 0.1) is 18.2 Å². The molecule has 0 aliphatic heterocycles. The molecule has 0 aliphatic rings. The summed E-state index contributed by atoms with van der Waals surface area (Å²) in [7, 11) is 0. The summed E-state index contributed by atoms with van der Waals surface area (Å²) in [5, 5.41) is 2.75. The number of hydrogen-bond acceptors (Lipinski definition) is 3. The van der Waals surface area contributed by atoms with Gasteiger partial charge in [0.1, 0.15) is 12.4 Å². The zero-order valence-corrected chi connectivity index (χ0v) is 11.9. The van der Waals surface area contributed by atoms with Crippen LogP contribution in [0.15, 0.2) is 42.7 Å². The SMILES string of the molecule is C#CCOCCC(=O)Nc1cnccc1-c1cccc(F)c1. The van der Waals surface area contributed by atoms with Gasteiger partial charge in [0.15, 0.2) is 0 Å². The van der Waals surface area contributed by atoms with Crippen molar-refractivity contribution in [3.05, 3.63) is 48.5 Å². The molecular weight excluding hydrogens is 283 g/mol. The number of carbonyl (C=O) groups is 1. The van der Waals surface area contributed by atoms with E-state index in [1.54, 1.807) is 24.4 Å². The summed E-state index contributed by atoms with van der Waals surface area (Å²) in [5.41, 5.74) is 1.89. The first kappa shape index (κ1) is 15.7. The van der Waals surface area contributed by atoms with E-state index in [-0.39, 0.29) is 31.4 Å². The molecule has 22 heavy (non-hydrogen) atoms. The number of terminal acetylenes is 1. The van der Waals surface area contributed by atoms with Crippen LogP contribution in [0.5, 0.6) is 0 Å². The maximum atomic E-state index is 13.4. The van der Waals surface area contributed by atoms with Crippen molar-refractivity contribution >= 4 is 11.6 Å². The highest BCUT2D eigenvalue weighted by molar-refractivity contribution is 5.95. The predicted octanol–water partition coefficient (Wildman–Crippen LogP) is 2.87. The number of nitrogens with zero attached hydrogens (tertiary/aromatic N) is 1. The Morgan fingerprint density at radius 1 is 1.41 bits per heavy atom. The van der Waals surface area contributed by atoms with Crippen LogP contribution in [-0.2, 0) is 9.53 Å². The minimum atomic E-state index is -0.339. The standard InChI is InChI=1S/C17H15FN2O2/c1-2-9-22-10-7-17(21)20-16-12-19-8-6-15(16)13-4-3-5-14(18)11-13/h1,3-6,8,11-12H,7,9-10H2,(H,20,21). The second-order valence-corrected chi connectivity index (χ2v) is 4.49. The molecule has 5 heteroatoms. The topological polar surface area (TPSA) is 51.2 Å². The molecule has 1 aromatic carbocycles. The van der Waals surface area contributed by atoms with E-state index in [2.05, 4.69) is 16.2 Å². The zero-order valence-electron chi connectivity index (χ0n) is 11.9. The lowest BCUT2D eigenvalue weighted by Crippen LogP contribution is -2.15. The number of anilines is 1. The number of aromatic nitrogens is 1. The van der Waals surface area contributed by atoms with E-state index in [4.69, 9.17) is 11.2 Å². The summed E-state index contributed by atoms with van der Waals surface area (Å²) < 4.78 is 18.4. The summed E-state index contributed by atoms with van der Waals surface area (Å²) in [6.07, 6.45) is 8.35. The molecule has 2 rings (SSSR count). The third-order valence-electron chi connectivity index (χ3n) is 2.89. The maximum absolute atomic E-state index is 13.4.